The van der Waals surface area contributed by atoms with Gasteiger partial charge >= 0.3 is 6.03 Å². The van der Waals surface area contributed by atoms with Crippen molar-refractivity contribution in [3.05, 3.63) is 131 Å². The first-order valence-electron chi connectivity index (χ1n) is 13.3. The highest BCUT2D eigenvalue weighted by molar-refractivity contribution is 5.76. The maximum atomic E-state index is 14.0. The Morgan fingerprint density at radius 1 is 1.02 bits per heavy atom. The minimum atomic E-state index is -0.456. The Morgan fingerprint density at radius 2 is 1.82 bits per heavy atom. The molecule has 1 N–H and O–H groups in total. The Labute approximate surface area is 232 Å². The molecule has 0 aliphatic carbocycles. The van der Waals surface area contributed by atoms with E-state index in [1.807, 2.05) is 82.5 Å². The number of benzene rings is 3. The fourth-order valence-electron chi connectivity index (χ4n) is 5.41. The minimum absolute atomic E-state index is 0.229. The Bertz CT molecular complexity index is 1640. The fourth-order valence-corrected chi connectivity index (χ4v) is 5.41. The molecule has 40 heavy (non-hydrogen) atoms. The summed E-state index contributed by atoms with van der Waals surface area (Å²) in [4.78, 5) is 15.8. The number of ether oxygens (including phenoxy) is 1. The number of halogens is 1. The highest BCUT2D eigenvalue weighted by atomic mass is 19.1. The zero-order valence-corrected chi connectivity index (χ0v) is 22.4. The van der Waals surface area contributed by atoms with E-state index in [9.17, 15) is 9.18 Å². The van der Waals surface area contributed by atoms with Gasteiger partial charge in [-0.25, -0.2) is 13.9 Å². The van der Waals surface area contributed by atoms with Gasteiger partial charge in [0, 0.05) is 18.3 Å². The first-order valence-corrected chi connectivity index (χ1v) is 13.3. The molecule has 0 unspecified atom stereocenters. The number of rotatable bonds is 6. The van der Waals surface area contributed by atoms with Gasteiger partial charge in [-0.05, 0) is 66.1 Å². The van der Waals surface area contributed by atoms with Crippen LogP contribution in [-0.2, 0) is 19.5 Å². The number of aromatic nitrogens is 3. The van der Waals surface area contributed by atoms with Gasteiger partial charge in [-0.15, -0.1) is 0 Å². The van der Waals surface area contributed by atoms with E-state index in [1.165, 1.54) is 12.1 Å². The molecule has 0 spiro atoms. The Hall–Kier alpha value is -4.85. The van der Waals surface area contributed by atoms with Crippen LogP contribution in [0.3, 0.4) is 0 Å². The summed E-state index contributed by atoms with van der Waals surface area (Å²) >= 11 is 0. The molecule has 2 aromatic heterocycles. The van der Waals surface area contributed by atoms with Gasteiger partial charge in [-0.3, -0.25) is 0 Å². The summed E-state index contributed by atoms with van der Waals surface area (Å²) in [6.07, 6.45) is 2.71. The molecule has 2 amide bonds. The van der Waals surface area contributed by atoms with E-state index in [2.05, 4.69) is 16.8 Å². The van der Waals surface area contributed by atoms with E-state index < -0.39 is 6.04 Å². The van der Waals surface area contributed by atoms with Crippen LogP contribution < -0.4 is 10.1 Å². The Kier molecular flexibility index (Phi) is 6.82. The molecule has 5 aromatic rings. The lowest BCUT2D eigenvalue weighted by Crippen LogP contribution is -2.41. The first-order chi connectivity index (χ1) is 19.6. The van der Waals surface area contributed by atoms with E-state index in [-0.39, 0.29) is 11.8 Å². The second-order valence-electron chi connectivity index (χ2n) is 9.75. The SMILES string of the molecule is CCc1nn(-c2ccccc2)c2c1CN(C(=O)NCc1cccc(OC)c1)[C@H](c1ccc(F)cc1)c1cccn1-2. The third-order valence-corrected chi connectivity index (χ3v) is 7.33. The van der Waals surface area contributed by atoms with Gasteiger partial charge < -0.3 is 19.5 Å². The molecule has 1 aliphatic heterocycles. The van der Waals surface area contributed by atoms with Crippen molar-refractivity contribution in [3.63, 3.8) is 0 Å². The fraction of sp³-hybridized carbons (Fsp3) is 0.188. The summed E-state index contributed by atoms with van der Waals surface area (Å²) < 4.78 is 23.4. The number of methoxy groups -OCH3 is 1. The maximum Gasteiger partial charge on any atom is 0.318 e. The quantitative estimate of drug-likeness (QED) is 0.282. The smallest absolute Gasteiger partial charge is 0.318 e. The topological polar surface area (TPSA) is 64.3 Å². The number of aryl methyl sites for hydroxylation is 1. The van der Waals surface area contributed by atoms with Gasteiger partial charge in [0.2, 0.25) is 0 Å². The van der Waals surface area contributed by atoms with E-state index in [0.717, 1.165) is 45.3 Å². The van der Waals surface area contributed by atoms with Crippen LogP contribution in [0.4, 0.5) is 9.18 Å². The third kappa shape index (κ3) is 4.62. The van der Waals surface area contributed by atoms with Crippen LogP contribution in [0.25, 0.3) is 11.5 Å². The van der Waals surface area contributed by atoms with Gasteiger partial charge in [-0.2, -0.15) is 5.10 Å². The second kappa shape index (κ2) is 10.7. The number of urea groups is 1. The van der Waals surface area contributed by atoms with E-state index in [4.69, 9.17) is 9.84 Å². The van der Waals surface area contributed by atoms with Crippen molar-refractivity contribution in [1.29, 1.82) is 0 Å². The van der Waals surface area contributed by atoms with E-state index in [0.29, 0.717) is 19.5 Å². The number of nitrogens with one attached hydrogen (secondary N) is 1. The average molecular weight is 536 g/mol. The standard InChI is InChI=1S/C32H30FN5O2/c1-3-28-27-21-37(32(39)34-20-22-9-7-12-26(19-22)40-2)30(23-14-16-24(33)17-15-23)29-13-8-18-36(29)31(27)38(35-28)25-10-5-4-6-11-25/h4-19,30H,3,20-21H2,1-2H3,(H,34,39)/t30-/m1/s1. The largest absolute Gasteiger partial charge is 0.497 e. The van der Waals surface area contributed by atoms with Gasteiger partial charge in [0.05, 0.1) is 36.8 Å². The van der Waals surface area contributed by atoms with Crippen molar-refractivity contribution in [1.82, 2.24) is 24.6 Å². The number of carbonyl (C=O) groups excluding carboxylic acids is 1. The predicted molar refractivity (Wildman–Crippen MR) is 151 cm³/mol. The molecule has 0 fully saturated rings. The highest BCUT2D eigenvalue weighted by Gasteiger charge is 2.36. The normalized spacial score (nSPS) is 14.3. The second-order valence-corrected chi connectivity index (χ2v) is 9.75. The average Bonchev–Trinajstić information content (AvgIpc) is 3.58. The van der Waals surface area contributed by atoms with E-state index >= 15 is 0 Å². The molecule has 7 nitrogen and oxygen atoms in total. The molecule has 6 rings (SSSR count). The molecule has 202 valence electrons. The lowest BCUT2D eigenvalue weighted by Gasteiger charge is -2.31. The molecule has 1 atom stereocenters. The molecule has 1 aliphatic rings. The number of carbonyl (C=O) groups is 1. The van der Waals surface area contributed by atoms with Crippen molar-refractivity contribution >= 4 is 6.03 Å². The molecule has 0 bridgehead atoms. The third-order valence-electron chi connectivity index (χ3n) is 7.33. The van der Waals surface area contributed by atoms with E-state index in [1.54, 1.807) is 19.2 Å². The number of nitrogens with zero attached hydrogens (tertiary/aromatic N) is 4. The zero-order valence-electron chi connectivity index (χ0n) is 22.4. The van der Waals surface area contributed by atoms with Crippen molar-refractivity contribution in [2.75, 3.05) is 7.11 Å². The van der Waals surface area contributed by atoms with Crippen LogP contribution in [0.1, 0.15) is 41.0 Å². The molecule has 8 heteroatoms. The van der Waals surface area contributed by atoms with Gasteiger partial charge in [0.1, 0.15) is 17.4 Å². The van der Waals surface area contributed by atoms with Crippen LogP contribution in [0.15, 0.2) is 97.2 Å². The summed E-state index contributed by atoms with van der Waals surface area (Å²) in [7, 11) is 1.62. The first kappa shape index (κ1) is 25.4. The molecule has 0 saturated carbocycles. The minimum Gasteiger partial charge on any atom is -0.497 e. The molecular formula is C32H30FN5O2. The highest BCUT2D eigenvalue weighted by Crippen LogP contribution is 2.38. The van der Waals surface area contributed by atoms with Crippen molar-refractivity contribution in [3.8, 4) is 17.3 Å². The van der Waals surface area contributed by atoms with Crippen LogP contribution in [0.2, 0.25) is 0 Å². The lowest BCUT2D eigenvalue weighted by atomic mass is 10.0. The number of amides is 2. The van der Waals surface area contributed by atoms with Crippen LogP contribution in [-0.4, -0.2) is 32.4 Å². The number of hydrogen-bond donors (Lipinski definition) is 1. The summed E-state index contributed by atoms with van der Waals surface area (Å²) in [5.74, 6) is 1.31. The number of para-hydroxylation sites is 1. The van der Waals surface area contributed by atoms with Crippen molar-refractivity contribution < 1.29 is 13.9 Å². The Morgan fingerprint density at radius 3 is 2.58 bits per heavy atom. The maximum absolute atomic E-state index is 14.0. The van der Waals surface area contributed by atoms with Gasteiger partial charge in [0.15, 0.2) is 0 Å². The predicted octanol–water partition coefficient (Wildman–Crippen LogP) is 6.19. The lowest BCUT2D eigenvalue weighted by molar-refractivity contribution is 0.180. The van der Waals surface area contributed by atoms with Crippen LogP contribution in [0.5, 0.6) is 5.75 Å². The molecule has 3 aromatic carbocycles. The molecule has 0 radical (unpaired) electrons. The van der Waals surface area contributed by atoms with Crippen LogP contribution >= 0.6 is 0 Å². The van der Waals surface area contributed by atoms with Crippen molar-refractivity contribution in [2.45, 2.75) is 32.5 Å². The monoisotopic (exact) mass is 535 g/mol. The van der Waals surface area contributed by atoms with Gasteiger partial charge in [0.25, 0.3) is 0 Å². The zero-order chi connectivity index (χ0) is 27.6. The number of hydrogen-bond acceptors (Lipinski definition) is 3. The summed E-state index contributed by atoms with van der Waals surface area (Å²) in [5.41, 5.74) is 5.47. The molecular weight excluding hydrogens is 505 g/mol. The molecule has 3 heterocycles. The van der Waals surface area contributed by atoms with Crippen LogP contribution in [0, 0.1) is 5.82 Å². The summed E-state index contributed by atoms with van der Waals surface area (Å²) in [6.45, 7) is 2.74. The molecule has 0 saturated heterocycles. The van der Waals surface area contributed by atoms with Gasteiger partial charge in [-0.1, -0.05) is 49.4 Å². The summed E-state index contributed by atoms with van der Waals surface area (Å²) in [5, 5.41) is 8.10. The Balaban J connectivity index is 1.47. The van der Waals surface area contributed by atoms with Crippen molar-refractivity contribution in [2.24, 2.45) is 0 Å². The number of fused-ring (bicyclic) bond motifs is 3. The summed E-state index contributed by atoms with van der Waals surface area (Å²) in [6, 6.07) is 27.3.